The van der Waals surface area contributed by atoms with Gasteiger partial charge in [-0.2, -0.15) is 0 Å². The van der Waals surface area contributed by atoms with Gasteiger partial charge in [0.05, 0.1) is 38.6 Å². The van der Waals surface area contributed by atoms with Crippen molar-refractivity contribution in [3.8, 4) is 11.5 Å². The predicted molar refractivity (Wildman–Crippen MR) is 131 cm³/mol. The fourth-order valence-electron chi connectivity index (χ4n) is 4.37. The quantitative estimate of drug-likeness (QED) is 0.299. The van der Waals surface area contributed by atoms with Crippen LogP contribution in [-0.2, 0) is 21.5 Å². The van der Waals surface area contributed by atoms with Crippen molar-refractivity contribution in [2.45, 2.75) is 38.8 Å². The predicted octanol–water partition coefficient (Wildman–Crippen LogP) is 5.22. The van der Waals surface area contributed by atoms with E-state index >= 15 is 0 Å². The normalized spacial score (nSPS) is 17.6. The van der Waals surface area contributed by atoms with Gasteiger partial charge in [-0.1, -0.05) is 32.9 Å². The minimum atomic E-state index is -0.824. The smallest absolute Gasteiger partial charge is 0.296 e. The molecule has 1 aliphatic heterocycles. The van der Waals surface area contributed by atoms with E-state index < -0.39 is 17.7 Å². The summed E-state index contributed by atoms with van der Waals surface area (Å²) in [6, 6.07) is 15.0. The van der Waals surface area contributed by atoms with E-state index in [1.165, 1.54) is 11.2 Å². The third-order valence-corrected chi connectivity index (χ3v) is 6.14. The molecule has 182 valence electrons. The Morgan fingerprint density at radius 1 is 1.03 bits per heavy atom. The third kappa shape index (κ3) is 4.54. The first-order chi connectivity index (χ1) is 16.7. The number of carbonyl (C=O) groups is 2. The Balaban J connectivity index is 1.91. The minimum Gasteiger partial charge on any atom is -0.507 e. The van der Waals surface area contributed by atoms with Crippen molar-refractivity contribution in [2.24, 2.45) is 0 Å². The van der Waals surface area contributed by atoms with E-state index in [2.05, 4.69) is 0 Å². The SMILES string of the molecule is COc1cccc(C2/C(=C(/O)c3ccc(OC)c(C(C)(C)C)c3)C(=O)C(=O)N2Cc2ccco2)c1. The summed E-state index contributed by atoms with van der Waals surface area (Å²) in [5.41, 5.74) is 1.67. The van der Waals surface area contributed by atoms with Crippen molar-refractivity contribution in [3.63, 3.8) is 0 Å². The number of hydrogen-bond acceptors (Lipinski definition) is 6. The summed E-state index contributed by atoms with van der Waals surface area (Å²) in [6.45, 7) is 6.18. The van der Waals surface area contributed by atoms with Crippen molar-refractivity contribution in [1.82, 2.24) is 4.90 Å². The lowest BCUT2D eigenvalue weighted by molar-refractivity contribution is -0.140. The van der Waals surface area contributed by atoms with Gasteiger partial charge in [0.15, 0.2) is 0 Å². The number of carbonyl (C=O) groups excluding carboxylic acids is 2. The van der Waals surface area contributed by atoms with Crippen molar-refractivity contribution in [3.05, 3.63) is 88.9 Å². The van der Waals surface area contributed by atoms with Gasteiger partial charge in [0.1, 0.15) is 23.0 Å². The fourth-order valence-corrected chi connectivity index (χ4v) is 4.37. The molecule has 1 amide bonds. The number of benzene rings is 2. The van der Waals surface area contributed by atoms with Crippen LogP contribution in [0, 0.1) is 0 Å². The van der Waals surface area contributed by atoms with Gasteiger partial charge in [-0.05, 0) is 53.4 Å². The second-order valence-corrected chi connectivity index (χ2v) is 9.45. The number of methoxy groups -OCH3 is 2. The standard InChI is InChI=1S/C28H29NO6/c1-28(2,3)21-15-18(11-12-22(21)34-5)25(30)23-24(17-8-6-9-19(14-17)33-4)29(27(32)26(23)31)16-20-10-7-13-35-20/h6-15,24,30H,16H2,1-5H3/b25-23-. The number of aliphatic hydroxyl groups excluding tert-OH is 1. The molecule has 0 spiro atoms. The van der Waals surface area contributed by atoms with Gasteiger partial charge < -0.3 is 23.9 Å². The largest absolute Gasteiger partial charge is 0.507 e. The van der Waals surface area contributed by atoms with Crippen LogP contribution < -0.4 is 9.47 Å². The molecule has 2 aromatic carbocycles. The molecule has 1 N–H and O–H groups in total. The number of nitrogens with zero attached hydrogens (tertiary/aromatic N) is 1. The van der Waals surface area contributed by atoms with Gasteiger partial charge in [0.25, 0.3) is 11.7 Å². The molecule has 0 saturated carbocycles. The number of ketones is 1. The molecule has 7 nitrogen and oxygen atoms in total. The van der Waals surface area contributed by atoms with Gasteiger partial charge in [-0.15, -0.1) is 0 Å². The average molecular weight is 476 g/mol. The lowest BCUT2D eigenvalue weighted by Crippen LogP contribution is -2.29. The first kappa shape index (κ1) is 24.1. The molecule has 0 radical (unpaired) electrons. The van der Waals surface area contributed by atoms with Crippen LogP contribution in [-0.4, -0.2) is 35.9 Å². The molecular formula is C28H29NO6. The lowest BCUT2D eigenvalue weighted by Gasteiger charge is -2.25. The fraction of sp³-hybridized carbons (Fsp3) is 0.286. The number of furan rings is 1. The number of aliphatic hydroxyl groups is 1. The Hall–Kier alpha value is -4.00. The first-order valence-electron chi connectivity index (χ1n) is 11.3. The maximum absolute atomic E-state index is 13.3. The zero-order valence-electron chi connectivity index (χ0n) is 20.5. The molecule has 1 fully saturated rings. The number of ether oxygens (including phenoxy) is 2. The molecule has 1 unspecified atom stereocenters. The third-order valence-electron chi connectivity index (χ3n) is 6.14. The number of rotatable bonds is 6. The van der Waals surface area contributed by atoms with E-state index in [0.29, 0.717) is 28.4 Å². The van der Waals surface area contributed by atoms with E-state index in [1.807, 2.05) is 20.8 Å². The van der Waals surface area contributed by atoms with E-state index in [-0.39, 0.29) is 23.3 Å². The van der Waals surface area contributed by atoms with Gasteiger partial charge >= 0.3 is 0 Å². The van der Waals surface area contributed by atoms with Crippen LogP contribution in [0.4, 0.5) is 0 Å². The highest BCUT2D eigenvalue weighted by Crippen LogP contribution is 2.42. The maximum atomic E-state index is 13.3. The van der Waals surface area contributed by atoms with E-state index in [1.54, 1.807) is 68.8 Å². The van der Waals surface area contributed by atoms with Gasteiger partial charge in [0, 0.05) is 11.1 Å². The van der Waals surface area contributed by atoms with Crippen LogP contribution in [0.1, 0.15) is 49.3 Å². The van der Waals surface area contributed by atoms with Crippen LogP contribution in [0.25, 0.3) is 5.76 Å². The second kappa shape index (κ2) is 9.33. The minimum absolute atomic E-state index is 0.0137. The summed E-state index contributed by atoms with van der Waals surface area (Å²) < 4.78 is 16.3. The summed E-state index contributed by atoms with van der Waals surface area (Å²) in [6.07, 6.45) is 1.51. The van der Waals surface area contributed by atoms with E-state index in [4.69, 9.17) is 13.9 Å². The first-order valence-corrected chi connectivity index (χ1v) is 11.3. The van der Waals surface area contributed by atoms with Crippen molar-refractivity contribution in [1.29, 1.82) is 0 Å². The van der Waals surface area contributed by atoms with Crippen LogP contribution >= 0.6 is 0 Å². The van der Waals surface area contributed by atoms with Crippen molar-refractivity contribution in [2.75, 3.05) is 14.2 Å². The molecule has 0 bridgehead atoms. The molecule has 4 rings (SSSR count). The Kier molecular flexibility index (Phi) is 6.43. The topological polar surface area (TPSA) is 89.2 Å². The summed E-state index contributed by atoms with van der Waals surface area (Å²) in [4.78, 5) is 27.9. The van der Waals surface area contributed by atoms with E-state index in [9.17, 15) is 14.7 Å². The molecule has 35 heavy (non-hydrogen) atoms. The second-order valence-electron chi connectivity index (χ2n) is 9.45. The van der Waals surface area contributed by atoms with Crippen molar-refractivity contribution < 1.29 is 28.6 Å². The molecule has 1 saturated heterocycles. The van der Waals surface area contributed by atoms with E-state index in [0.717, 1.165) is 5.56 Å². The summed E-state index contributed by atoms with van der Waals surface area (Å²) in [5, 5.41) is 11.4. The maximum Gasteiger partial charge on any atom is 0.296 e. The number of likely N-dealkylation sites (tertiary alicyclic amines) is 1. The molecule has 1 aromatic heterocycles. The van der Waals surface area contributed by atoms with Gasteiger partial charge in [-0.3, -0.25) is 9.59 Å². The molecule has 2 heterocycles. The molecule has 3 aromatic rings. The van der Waals surface area contributed by atoms with Crippen LogP contribution in [0.5, 0.6) is 11.5 Å². The molecule has 1 atom stereocenters. The van der Waals surface area contributed by atoms with Crippen molar-refractivity contribution >= 4 is 17.4 Å². The average Bonchev–Trinajstić information content (AvgIpc) is 3.45. The summed E-state index contributed by atoms with van der Waals surface area (Å²) >= 11 is 0. The highest BCUT2D eigenvalue weighted by Gasteiger charge is 2.46. The molecule has 0 aliphatic carbocycles. The van der Waals surface area contributed by atoms with Crippen LogP contribution in [0.2, 0.25) is 0 Å². The van der Waals surface area contributed by atoms with Crippen LogP contribution in [0.15, 0.2) is 70.9 Å². The number of amides is 1. The zero-order chi connectivity index (χ0) is 25.3. The molecular weight excluding hydrogens is 446 g/mol. The number of hydrogen-bond donors (Lipinski definition) is 1. The highest BCUT2D eigenvalue weighted by atomic mass is 16.5. The van der Waals surface area contributed by atoms with Crippen LogP contribution in [0.3, 0.4) is 0 Å². The van der Waals surface area contributed by atoms with Gasteiger partial charge in [0.2, 0.25) is 0 Å². The Bertz CT molecular complexity index is 1280. The molecule has 7 heteroatoms. The summed E-state index contributed by atoms with van der Waals surface area (Å²) in [5.74, 6) is 0.0723. The monoisotopic (exact) mass is 475 g/mol. The number of Topliss-reactive ketones (excluding diaryl/α,β-unsaturated/α-hetero) is 1. The zero-order valence-corrected chi connectivity index (χ0v) is 20.5. The van der Waals surface area contributed by atoms with Gasteiger partial charge in [-0.25, -0.2) is 0 Å². The Morgan fingerprint density at radius 3 is 2.43 bits per heavy atom. The summed E-state index contributed by atoms with van der Waals surface area (Å²) in [7, 11) is 3.14. The highest BCUT2D eigenvalue weighted by molar-refractivity contribution is 6.46. The Labute approximate surface area is 204 Å². The lowest BCUT2D eigenvalue weighted by atomic mass is 9.84. The molecule has 1 aliphatic rings. The Morgan fingerprint density at radius 2 is 1.80 bits per heavy atom.